The summed E-state index contributed by atoms with van der Waals surface area (Å²) in [5.41, 5.74) is 4.02. The van der Waals surface area contributed by atoms with E-state index in [-0.39, 0.29) is 18.0 Å². The molecule has 29 heavy (non-hydrogen) atoms. The number of aryl methyl sites for hydroxylation is 1. The van der Waals surface area contributed by atoms with Gasteiger partial charge in [-0.15, -0.1) is 0 Å². The number of hydrogen-bond acceptors (Lipinski definition) is 3. The monoisotopic (exact) mass is 411 g/mol. The third-order valence-corrected chi connectivity index (χ3v) is 6.11. The van der Waals surface area contributed by atoms with Gasteiger partial charge in [0.1, 0.15) is 0 Å². The number of nitrogens with one attached hydrogen (secondary N) is 2. The molecule has 1 fully saturated rings. The zero-order valence-corrected chi connectivity index (χ0v) is 17.9. The van der Waals surface area contributed by atoms with E-state index >= 15 is 0 Å². The van der Waals surface area contributed by atoms with Crippen LogP contribution in [0.1, 0.15) is 36.6 Å². The van der Waals surface area contributed by atoms with E-state index in [0.29, 0.717) is 12.1 Å². The first-order valence-corrected chi connectivity index (χ1v) is 11.3. The van der Waals surface area contributed by atoms with Gasteiger partial charge >= 0.3 is 6.03 Å². The molecule has 0 spiro atoms. The Morgan fingerprint density at radius 3 is 2.24 bits per heavy atom. The number of urea groups is 1. The SMILES string of the molecule is CCc1ccc(C(C)NC(=O)Nc2ccc(CC(=O)N3CCSCC3)cc2)cc1. The van der Waals surface area contributed by atoms with Gasteiger partial charge in [0.05, 0.1) is 12.5 Å². The third kappa shape index (κ3) is 6.26. The van der Waals surface area contributed by atoms with Crippen molar-refractivity contribution in [2.45, 2.75) is 32.7 Å². The molecule has 1 unspecified atom stereocenters. The van der Waals surface area contributed by atoms with Crippen LogP contribution in [0.2, 0.25) is 0 Å². The summed E-state index contributed by atoms with van der Waals surface area (Å²) < 4.78 is 0. The summed E-state index contributed by atoms with van der Waals surface area (Å²) in [5, 5.41) is 5.82. The quantitative estimate of drug-likeness (QED) is 0.747. The van der Waals surface area contributed by atoms with Crippen LogP contribution < -0.4 is 10.6 Å². The fourth-order valence-electron chi connectivity index (χ4n) is 3.29. The molecule has 0 aliphatic carbocycles. The smallest absolute Gasteiger partial charge is 0.319 e. The lowest BCUT2D eigenvalue weighted by Crippen LogP contribution is -2.38. The Balaban J connectivity index is 1.49. The van der Waals surface area contributed by atoms with Gasteiger partial charge < -0.3 is 15.5 Å². The number of carbonyl (C=O) groups is 2. The summed E-state index contributed by atoms with van der Waals surface area (Å²) in [4.78, 5) is 26.6. The first-order valence-electron chi connectivity index (χ1n) is 10.2. The van der Waals surface area contributed by atoms with E-state index < -0.39 is 0 Å². The molecular formula is C23H29N3O2S. The second kappa shape index (κ2) is 10.3. The summed E-state index contributed by atoms with van der Waals surface area (Å²) in [6.45, 7) is 5.76. The van der Waals surface area contributed by atoms with Crippen molar-refractivity contribution in [1.29, 1.82) is 0 Å². The maximum Gasteiger partial charge on any atom is 0.319 e. The van der Waals surface area contributed by atoms with Crippen molar-refractivity contribution in [2.75, 3.05) is 29.9 Å². The number of amides is 3. The number of hydrogen-bond donors (Lipinski definition) is 2. The predicted molar refractivity (Wildman–Crippen MR) is 120 cm³/mol. The highest BCUT2D eigenvalue weighted by molar-refractivity contribution is 7.99. The van der Waals surface area contributed by atoms with Crippen molar-refractivity contribution >= 4 is 29.4 Å². The molecule has 0 aromatic heterocycles. The highest BCUT2D eigenvalue weighted by Crippen LogP contribution is 2.16. The molecular weight excluding hydrogens is 382 g/mol. The van der Waals surface area contributed by atoms with Crippen LogP contribution in [0, 0.1) is 0 Å². The maximum absolute atomic E-state index is 12.4. The van der Waals surface area contributed by atoms with Gasteiger partial charge in [0.2, 0.25) is 5.91 Å². The van der Waals surface area contributed by atoms with Crippen molar-refractivity contribution in [2.24, 2.45) is 0 Å². The number of carbonyl (C=O) groups excluding carboxylic acids is 2. The molecule has 3 amide bonds. The van der Waals surface area contributed by atoms with E-state index in [1.54, 1.807) is 0 Å². The van der Waals surface area contributed by atoms with Crippen molar-refractivity contribution in [3.05, 3.63) is 65.2 Å². The van der Waals surface area contributed by atoms with Crippen LogP contribution in [-0.2, 0) is 17.6 Å². The Bertz CT molecular complexity index is 815. The summed E-state index contributed by atoms with van der Waals surface area (Å²) in [6.07, 6.45) is 1.41. The molecule has 1 heterocycles. The summed E-state index contributed by atoms with van der Waals surface area (Å²) >= 11 is 1.89. The van der Waals surface area contributed by atoms with Gasteiger partial charge in [0.15, 0.2) is 0 Å². The van der Waals surface area contributed by atoms with Gasteiger partial charge in [-0.05, 0) is 42.2 Å². The lowest BCUT2D eigenvalue weighted by atomic mass is 10.1. The summed E-state index contributed by atoms with van der Waals surface area (Å²) in [6, 6.07) is 15.4. The zero-order valence-electron chi connectivity index (χ0n) is 17.1. The first-order chi connectivity index (χ1) is 14.0. The molecule has 6 heteroatoms. The second-order valence-electron chi connectivity index (χ2n) is 7.28. The molecule has 3 rings (SSSR count). The Morgan fingerprint density at radius 1 is 1.00 bits per heavy atom. The lowest BCUT2D eigenvalue weighted by Gasteiger charge is -2.26. The van der Waals surface area contributed by atoms with Crippen LogP contribution in [-0.4, -0.2) is 41.4 Å². The number of rotatable bonds is 6. The van der Waals surface area contributed by atoms with E-state index in [1.807, 2.05) is 47.9 Å². The molecule has 0 radical (unpaired) electrons. The Labute approximate surface area is 177 Å². The highest BCUT2D eigenvalue weighted by Gasteiger charge is 2.17. The van der Waals surface area contributed by atoms with Crippen LogP contribution in [0.4, 0.5) is 10.5 Å². The van der Waals surface area contributed by atoms with E-state index in [2.05, 4.69) is 41.8 Å². The molecule has 5 nitrogen and oxygen atoms in total. The van der Waals surface area contributed by atoms with Crippen LogP contribution >= 0.6 is 11.8 Å². The number of thioether (sulfide) groups is 1. The van der Waals surface area contributed by atoms with Crippen molar-refractivity contribution in [3.8, 4) is 0 Å². The van der Waals surface area contributed by atoms with Crippen molar-refractivity contribution < 1.29 is 9.59 Å². The highest BCUT2D eigenvalue weighted by atomic mass is 32.2. The topological polar surface area (TPSA) is 61.4 Å². The standard InChI is InChI=1S/C23H29N3O2S/c1-3-18-4-8-20(9-5-18)17(2)24-23(28)25-21-10-6-19(7-11-21)16-22(27)26-12-14-29-15-13-26/h4-11,17H,3,12-16H2,1-2H3,(H2,24,25,28). The van der Waals surface area contributed by atoms with E-state index in [9.17, 15) is 9.59 Å². The largest absolute Gasteiger partial charge is 0.341 e. The summed E-state index contributed by atoms with van der Waals surface area (Å²) in [7, 11) is 0. The van der Waals surface area contributed by atoms with E-state index in [1.165, 1.54) is 5.56 Å². The number of benzene rings is 2. The molecule has 1 saturated heterocycles. The molecule has 1 aliphatic heterocycles. The van der Waals surface area contributed by atoms with Gasteiger partial charge in [0.25, 0.3) is 0 Å². The van der Waals surface area contributed by atoms with Gasteiger partial charge in [-0.25, -0.2) is 4.79 Å². The molecule has 2 aromatic carbocycles. The minimum absolute atomic E-state index is 0.0829. The zero-order chi connectivity index (χ0) is 20.6. The molecule has 0 bridgehead atoms. The minimum atomic E-state index is -0.244. The molecule has 0 saturated carbocycles. The Morgan fingerprint density at radius 2 is 1.62 bits per heavy atom. The Hall–Kier alpha value is -2.47. The second-order valence-corrected chi connectivity index (χ2v) is 8.51. The van der Waals surface area contributed by atoms with Crippen LogP contribution in [0.3, 0.4) is 0 Å². The maximum atomic E-state index is 12.4. The fourth-order valence-corrected chi connectivity index (χ4v) is 4.20. The van der Waals surface area contributed by atoms with E-state index in [4.69, 9.17) is 0 Å². The number of anilines is 1. The first kappa shape index (κ1) is 21.2. The lowest BCUT2D eigenvalue weighted by molar-refractivity contribution is -0.130. The average Bonchev–Trinajstić information content (AvgIpc) is 2.75. The molecule has 154 valence electrons. The van der Waals surface area contributed by atoms with Crippen LogP contribution in [0.15, 0.2) is 48.5 Å². The van der Waals surface area contributed by atoms with Gasteiger partial charge in [-0.1, -0.05) is 43.3 Å². The predicted octanol–water partition coefficient (Wildman–Crippen LogP) is 4.25. The van der Waals surface area contributed by atoms with Crippen LogP contribution in [0.25, 0.3) is 0 Å². The van der Waals surface area contributed by atoms with Crippen molar-refractivity contribution in [1.82, 2.24) is 10.2 Å². The number of nitrogens with zero attached hydrogens (tertiary/aromatic N) is 1. The molecule has 2 aromatic rings. The average molecular weight is 412 g/mol. The normalized spacial score (nSPS) is 14.9. The molecule has 2 N–H and O–H groups in total. The fraction of sp³-hybridized carbons (Fsp3) is 0.391. The Kier molecular flexibility index (Phi) is 7.58. The minimum Gasteiger partial charge on any atom is -0.341 e. The van der Waals surface area contributed by atoms with Gasteiger partial charge in [-0.3, -0.25) is 4.79 Å². The third-order valence-electron chi connectivity index (χ3n) is 5.17. The van der Waals surface area contributed by atoms with Gasteiger partial charge in [0, 0.05) is 30.3 Å². The molecule has 1 aliphatic rings. The van der Waals surface area contributed by atoms with E-state index in [0.717, 1.165) is 42.1 Å². The van der Waals surface area contributed by atoms with Gasteiger partial charge in [-0.2, -0.15) is 11.8 Å². The molecule has 1 atom stereocenters. The van der Waals surface area contributed by atoms with Crippen LogP contribution in [0.5, 0.6) is 0 Å². The van der Waals surface area contributed by atoms with Crippen molar-refractivity contribution in [3.63, 3.8) is 0 Å². The summed E-state index contributed by atoms with van der Waals surface area (Å²) in [5.74, 6) is 2.21.